The van der Waals surface area contributed by atoms with Crippen molar-refractivity contribution in [3.05, 3.63) is 42.5 Å². The molecule has 1 aromatic heterocycles. The number of benzene rings is 2. The Morgan fingerprint density at radius 1 is 1.03 bits per heavy atom. The highest BCUT2D eigenvalue weighted by atomic mass is 16.5. The largest absolute Gasteiger partial charge is 0.497 e. The Bertz CT molecular complexity index is 1230. The van der Waals surface area contributed by atoms with E-state index in [-0.39, 0.29) is 18.4 Å². The van der Waals surface area contributed by atoms with Gasteiger partial charge in [-0.2, -0.15) is 4.80 Å². The first-order valence-corrected chi connectivity index (χ1v) is 12.5. The van der Waals surface area contributed by atoms with Crippen LogP contribution < -0.4 is 24.4 Å². The Morgan fingerprint density at radius 3 is 2.45 bits per heavy atom. The molecule has 1 atom stereocenters. The number of anilines is 1. The maximum Gasteiger partial charge on any atom is 0.251 e. The molecule has 0 radical (unpaired) electrons. The Labute approximate surface area is 223 Å². The van der Waals surface area contributed by atoms with Crippen molar-refractivity contribution in [2.24, 2.45) is 5.92 Å². The average molecular weight is 525 g/mol. The maximum absolute atomic E-state index is 13.7. The monoisotopic (exact) mass is 524 g/mol. The van der Waals surface area contributed by atoms with Gasteiger partial charge in [0, 0.05) is 23.9 Å². The Morgan fingerprint density at radius 2 is 1.79 bits per heavy atom. The summed E-state index contributed by atoms with van der Waals surface area (Å²) in [4.78, 5) is 29.5. The van der Waals surface area contributed by atoms with Crippen LogP contribution in [0.25, 0.3) is 11.4 Å². The number of methoxy groups -OCH3 is 3. The number of amides is 2. The Balaban J connectivity index is 1.87. The third kappa shape index (κ3) is 6.99. The van der Waals surface area contributed by atoms with Gasteiger partial charge in [0.1, 0.15) is 18.3 Å². The van der Waals surface area contributed by atoms with Crippen LogP contribution in [0.2, 0.25) is 0 Å². The zero-order valence-electron chi connectivity index (χ0n) is 22.8. The van der Waals surface area contributed by atoms with Crippen molar-refractivity contribution < 1.29 is 23.8 Å². The van der Waals surface area contributed by atoms with E-state index in [0.29, 0.717) is 53.2 Å². The first kappa shape index (κ1) is 28.4. The molecular formula is C27H36N6O5. The molecule has 204 valence electrons. The van der Waals surface area contributed by atoms with E-state index in [2.05, 4.69) is 34.6 Å². The molecule has 0 aliphatic rings. The summed E-state index contributed by atoms with van der Waals surface area (Å²) >= 11 is 0. The van der Waals surface area contributed by atoms with Gasteiger partial charge in [0.2, 0.25) is 11.7 Å². The minimum Gasteiger partial charge on any atom is -0.497 e. The number of nitrogens with zero attached hydrogens (tertiary/aromatic N) is 5. The lowest BCUT2D eigenvalue weighted by Gasteiger charge is -2.30. The fraction of sp³-hybridized carbons (Fsp3) is 0.444. The number of aromatic nitrogens is 4. The number of carbonyl (C=O) groups is 2. The predicted molar refractivity (Wildman–Crippen MR) is 143 cm³/mol. The van der Waals surface area contributed by atoms with Crippen LogP contribution in [-0.2, 0) is 16.1 Å². The second kappa shape index (κ2) is 13.4. The normalized spacial score (nSPS) is 11.7. The molecule has 0 saturated carbocycles. The standard InChI is InChI=1S/C27H36N6O5/c1-7-22(27(35)28-14-13-18(2)3)33(20-9-8-10-21(16-20)36-4)25(34)17-32-30-26(29-31-32)19-11-12-23(37-5)24(15-19)38-6/h8-12,15-16,18,22H,7,13-14,17H2,1-6H3,(H,28,35). The van der Waals surface area contributed by atoms with Gasteiger partial charge in [-0.05, 0) is 54.3 Å². The SMILES string of the molecule is CCC(C(=O)NCCC(C)C)N(C(=O)Cn1nnc(-c2ccc(OC)c(OC)c2)n1)c1cccc(OC)c1. The minimum atomic E-state index is -0.726. The Hall–Kier alpha value is -4.15. The molecule has 1 heterocycles. The molecule has 38 heavy (non-hydrogen) atoms. The number of nitrogens with one attached hydrogen (secondary N) is 1. The van der Waals surface area contributed by atoms with Crippen LogP contribution in [0.5, 0.6) is 17.2 Å². The third-order valence-corrected chi connectivity index (χ3v) is 5.99. The van der Waals surface area contributed by atoms with E-state index in [9.17, 15) is 9.59 Å². The topological polar surface area (TPSA) is 121 Å². The van der Waals surface area contributed by atoms with Crippen LogP contribution in [0.4, 0.5) is 5.69 Å². The number of carbonyl (C=O) groups excluding carboxylic acids is 2. The molecule has 2 aromatic carbocycles. The van der Waals surface area contributed by atoms with Gasteiger partial charge in [0.15, 0.2) is 11.5 Å². The first-order valence-electron chi connectivity index (χ1n) is 12.5. The zero-order valence-corrected chi connectivity index (χ0v) is 22.8. The van der Waals surface area contributed by atoms with Crippen molar-refractivity contribution in [1.29, 1.82) is 0 Å². The van der Waals surface area contributed by atoms with Crippen molar-refractivity contribution in [3.8, 4) is 28.6 Å². The summed E-state index contributed by atoms with van der Waals surface area (Å²) in [6.07, 6.45) is 1.26. The molecule has 0 aliphatic heterocycles. The highest BCUT2D eigenvalue weighted by molar-refractivity contribution is 6.00. The molecule has 11 nitrogen and oxygen atoms in total. The number of tetrazole rings is 1. The zero-order chi connectivity index (χ0) is 27.7. The third-order valence-electron chi connectivity index (χ3n) is 5.99. The molecule has 1 N–H and O–H groups in total. The van der Waals surface area contributed by atoms with Gasteiger partial charge < -0.3 is 19.5 Å². The van der Waals surface area contributed by atoms with E-state index in [0.717, 1.165) is 6.42 Å². The van der Waals surface area contributed by atoms with Crippen molar-refractivity contribution >= 4 is 17.5 Å². The molecule has 0 aliphatic carbocycles. The second-order valence-corrected chi connectivity index (χ2v) is 9.08. The predicted octanol–water partition coefficient (Wildman–Crippen LogP) is 3.34. The molecule has 0 saturated heterocycles. The van der Waals surface area contributed by atoms with Crippen molar-refractivity contribution in [2.45, 2.75) is 46.2 Å². The lowest BCUT2D eigenvalue weighted by molar-refractivity contribution is -0.127. The fourth-order valence-electron chi connectivity index (χ4n) is 3.94. The minimum absolute atomic E-state index is 0.215. The van der Waals surface area contributed by atoms with Gasteiger partial charge in [0.05, 0.1) is 21.3 Å². The van der Waals surface area contributed by atoms with Crippen LogP contribution in [0, 0.1) is 5.92 Å². The number of hydrogen-bond acceptors (Lipinski definition) is 8. The van der Waals surface area contributed by atoms with E-state index < -0.39 is 6.04 Å². The summed E-state index contributed by atoms with van der Waals surface area (Å²) < 4.78 is 16.0. The van der Waals surface area contributed by atoms with Crippen molar-refractivity contribution in [1.82, 2.24) is 25.5 Å². The molecule has 1 unspecified atom stereocenters. The molecule has 11 heteroatoms. The summed E-state index contributed by atoms with van der Waals surface area (Å²) in [5.74, 6) is 1.86. The molecule has 0 spiro atoms. The lowest BCUT2D eigenvalue weighted by Crippen LogP contribution is -2.51. The Kier molecular flexibility index (Phi) is 10.0. The van der Waals surface area contributed by atoms with Crippen LogP contribution in [0.15, 0.2) is 42.5 Å². The lowest BCUT2D eigenvalue weighted by atomic mass is 10.1. The number of ether oxygens (including phenoxy) is 3. The summed E-state index contributed by atoms with van der Waals surface area (Å²) in [5, 5.41) is 15.5. The van der Waals surface area contributed by atoms with Crippen LogP contribution >= 0.6 is 0 Å². The van der Waals surface area contributed by atoms with E-state index in [1.54, 1.807) is 63.8 Å². The number of rotatable bonds is 13. The van der Waals surface area contributed by atoms with Gasteiger partial charge in [-0.25, -0.2) is 0 Å². The van der Waals surface area contributed by atoms with Gasteiger partial charge in [0.25, 0.3) is 5.91 Å². The molecule has 2 amide bonds. The van der Waals surface area contributed by atoms with Gasteiger partial charge in [-0.1, -0.05) is 26.8 Å². The maximum atomic E-state index is 13.7. The molecule has 3 rings (SSSR count). The van der Waals surface area contributed by atoms with Gasteiger partial charge >= 0.3 is 0 Å². The molecule has 0 bridgehead atoms. The average Bonchev–Trinajstić information content (AvgIpc) is 3.39. The van der Waals surface area contributed by atoms with E-state index in [1.165, 1.54) is 9.70 Å². The van der Waals surface area contributed by atoms with Crippen molar-refractivity contribution in [3.63, 3.8) is 0 Å². The molecule has 3 aromatic rings. The van der Waals surface area contributed by atoms with Crippen LogP contribution in [0.1, 0.15) is 33.6 Å². The first-order chi connectivity index (χ1) is 18.3. The summed E-state index contributed by atoms with van der Waals surface area (Å²) in [7, 11) is 4.65. The highest BCUT2D eigenvalue weighted by Crippen LogP contribution is 2.31. The van der Waals surface area contributed by atoms with E-state index in [1.807, 2.05) is 6.92 Å². The fourth-order valence-corrected chi connectivity index (χ4v) is 3.94. The van der Waals surface area contributed by atoms with Crippen LogP contribution in [0.3, 0.4) is 0 Å². The molecule has 0 fully saturated rings. The molecular weight excluding hydrogens is 488 g/mol. The van der Waals surface area contributed by atoms with Gasteiger partial charge in [-0.3, -0.25) is 14.5 Å². The van der Waals surface area contributed by atoms with E-state index >= 15 is 0 Å². The summed E-state index contributed by atoms with van der Waals surface area (Å²) in [6.45, 7) is 6.38. The summed E-state index contributed by atoms with van der Waals surface area (Å²) in [5.41, 5.74) is 1.20. The van der Waals surface area contributed by atoms with E-state index in [4.69, 9.17) is 14.2 Å². The summed E-state index contributed by atoms with van der Waals surface area (Å²) in [6, 6.07) is 11.6. The number of hydrogen-bond donors (Lipinski definition) is 1. The second-order valence-electron chi connectivity index (χ2n) is 9.08. The quantitative estimate of drug-likeness (QED) is 0.361. The smallest absolute Gasteiger partial charge is 0.251 e. The van der Waals surface area contributed by atoms with Crippen molar-refractivity contribution in [2.75, 3.05) is 32.8 Å². The van der Waals surface area contributed by atoms with Crippen LogP contribution in [-0.4, -0.2) is 65.9 Å². The highest BCUT2D eigenvalue weighted by Gasteiger charge is 2.30. The van der Waals surface area contributed by atoms with Gasteiger partial charge in [-0.15, -0.1) is 10.2 Å².